The van der Waals surface area contributed by atoms with Crippen molar-refractivity contribution in [3.05, 3.63) is 29.3 Å². The highest BCUT2D eigenvalue weighted by molar-refractivity contribution is 5.41. The second-order valence-electron chi connectivity index (χ2n) is 3.13. The summed E-state index contributed by atoms with van der Waals surface area (Å²) in [5.41, 5.74) is 0.117. The van der Waals surface area contributed by atoms with Crippen molar-refractivity contribution in [1.29, 1.82) is 0 Å². The molecule has 0 aliphatic heterocycles. The van der Waals surface area contributed by atoms with E-state index in [1.807, 2.05) is 0 Å². The molecule has 0 saturated heterocycles. The number of benzene rings is 1. The lowest BCUT2D eigenvalue weighted by Crippen LogP contribution is -2.21. The highest BCUT2D eigenvalue weighted by Crippen LogP contribution is 2.38. The Morgan fingerprint density at radius 2 is 1.93 bits per heavy atom. The number of hydrogen-bond donors (Lipinski definition) is 1. The maximum absolute atomic E-state index is 12.3. The molecule has 1 rings (SSSR count). The molecule has 0 bridgehead atoms. The zero-order chi connectivity index (χ0) is 11.6. The molecule has 15 heavy (non-hydrogen) atoms. The highest BCUT2D eigenvalue weighted by atomic mass is 19.4. The maximum atomic E-state index is 12.3. The van der Waals surface area contributed by atoms with Gasteiger partial charge < -0.3 is 9.84 Å². The lowest BCUT2D eigenvalue weighted by atomic mass is 10.0. The van der Waals surface area contributed by atoms with E-state index in [-0.39, 0.29) is 11.3 Å². The highest BCUT2D eigenvalue weighted by Gasteiger charge is 2.41. The first kappa shape index (κ1) is 11.8. The van der Waals surface area contributed by atoms with E-state index in [0.29, 0.717) is 5.56 Å². The van der Waals surface area contributed by atoms with Crippen molar-refractivity contribution < 1.29 is 23.0 Å². The monoisotopic (exact) mass is 220 g/mol. The summed E-state index contributed by atoms with van der Waals surface area (Å²) in [6, 6.07) is 4.45. The number of aryl methyl sites for hydroxylation is 1. The first-order chi connectivity index (χ1) is 6.88. The SMILES string of the molecule is COc1cccc(C)c1[C@@H](O)C(F)(F)F. The first-order valence-electron chi connectivity index (χ1n) is 4.26. The largest absolute Gasteiger partial charge is 0.496 e. The summed E-state index contributed by atoms with van der Waals surface area (Å²) < 4.78 is 41.8. The lowest BCUT2D eigenvalue weighted by molar-refractivity contribution is -0.207. The fourth-order valence-electron chi connectivity index (χ4n) is 1.35. The molecule has 0 aromatic heterocycles. The zero-order valence-electron chi connectivity index (χ0n) is 8.30. The van der Waals surface area contributed by atoms with Gasteiger partial charge in [0.1, 0.15) is 5.75 Å². The van der Waals surface area contributed by atoms with E-state index in [2.05, 4.69) is 0 Å². The third kappa shape index (κ3) is 2.41. The molecular weight excluding hydrogens is 209 g/mol. The van der Waals surface area contributed by atoms with Crippen molar-refractivity contribution in [2.24, 2.45) is 0 Å². The molecule has 1 aromatic carbocycles. The Labute approximate surface area is 85.3 Å². The van der Waals surface area contributed by atoms with Crippen LogP contribution in [0, 0.1) is 6.92 Å². The van der Waals surface area contributed by atoms with Gasteiger partial charge in [0, 0.05) is 5.56 Å². The molecule has 1 N–H and O–H groups in total. The first-order valence-corrected chi connectivity index (χ1v) is 4.26. The minimum absolute atomic E-state index is 0.0415. The molecule has 1 aromatic rings. The van der Waals surface area contributed by atoms with Crippen LogP contribution in [0.25, 0.3) is 0 Å². The van der Waals surface area contributed by atoms with Crippen LogP contribution in [-0.4, -0.2) is 18.4 Å². The molecule has 0 unspecified atom stereocenters. The van der Waals surface area contributed by atoms with Gasteiger partial charge in [-0.25, -0.2) is 0 Å². The average Bonchev–Trinajstić information content (AvgIpc) is 2.15. The third-order valence-electron chi connectivity index (χ3n) is 2.09. The Balaban J connectivity index is 3.23. The standard InChI is InChI=1S/C10H11F3O2/c1-6-4-3-5-7(15-2)8(6)9(14)10(11,12)13/h3-5,9,14H,1-2H3/t9-/m1/s1. The summed E-state index contributed by atoms with van der Waals surface area (Å²) in [6.07, 6.45) is -7.19. The van der Waals surface area contributed by atoms with Crippen LogP contribution in [0.1, 0.15) is 17.2 Å². The van der Waals surface area contributed by atoms with Gasteiger partial charge in [0.15, 0.2) is 6.10 Å². The topological polar surface area (TPSA) is 29.5 Å². The second-order valence-corrected chi connectivity index (χ2v) is 3.13. The minimum Gasteiger partial charge on any atom is -0.496 e. The number of ether oxygens (including phenoxy) is 1. The molecule has 1 atom stereocenters. The van der Waals surface area contributed by atoms with E-state index in [9.17, 15) is 13.2 Å². The van der Waals surface area contributed by atoms with E-state index >= 15 is 0 Å². The fourth-order valence-corrected chi connectivity index (χ4v) is 1.35. The molecule has 0 saturated carbocycles. The quantitative estimate of drug-likeness (QED) is 0.830. The molecular formula is C10H11F3O2. The normalized spacial score (nSPS) is 13.7. The summed E-state index contributed by atoms with van der Waals surface area (Å²) >= 11 is 0. The van der Waals surface area contributed by atoms with Crippen molar-refractivity contribution in [3.8, 4) is 5.75 Å². The van der Waals surface area contributed by atoms with Crippen LogP contribution in [0.5, 0.6) is 5.75 Å². The molecule has 2 nitrogen and oxygen atoms in total. The predicted octanol–water partition coefficient (Wildman–Crippen LogP) is 2.60. The van der Waals surface area contributed by atoms with Crippen molar-refractivity contribution >= 4 is 0 Å². The van der Waals surface area contributed by atoms with Gasteiger partial charge >= 0.3 is 6.18 Å². The van der Waals surface area contributed by atoms with Crippen LogP contribution in [0.2, 0.25) is 0 Å². The smallest absolute Gasteiger partial charge is 0.418 e. The number of alkyl halides is 3. The molecule has 0 radical (unpaired) electrons. The Bertz CT molecular complexity index is 347. The summed E-state index contributed by atoms with van der Waals surface area (Å²) in [5, 5.41) is 9.14. The van der Waals surface area contributed by atoms with Crippen molar-refractivity contribution in [2.75, 3.05) is 7.11 Å². The van der Waals surface area contributed by atoms with E-state index in [1.54, 1.807) is 6.07 Å². The van der Waals surface area contributed by atoms with Gasteiger partial charge in [-0.2, -0.15) is 13.2 Å². The number of methoxy groups -OCH3 is 1. The lowest BCUT2D eigenvalue weighted by Gasteiger charge is -2.19. The Morgan fingerprint density at radius 3 is 2.40 bits per heavy atom. The van der Waals surface area contributed by atoms with Crippen molar-refractivity contribution in [2.45, 2.75) is 19.2 Å². The molecule has 0 fully saturated rings. The van der Waals surface area contributed by atoms with Crippen molar-refractivity contribution in [1.82, 2.24) is 0 Å². The van der Waals surface area contributed by atoms with Gasteiger partial charge in [-0.3, -0.25) is 0 Å². The summed E-state index contributed by atoms with van der Waals surface area (Å²) in [4.78, 5) is 0. The van der Waals surface area contributed by atoms with Gasteiger partial charge in [0.25, 0.3) is 0 Å². The number of rotatable bonds is 2. The maximum Gasteiger partial charge on any atom is 0.418 e. The zero-order valence-corrected chi connectivity index (χ0v) is 8.30. The predicted molar refractivity (Wildman–Crippen MR) is 48.7 cm³/mol. The molecule has 0 aliphatic rings. The number of hydrogen-bond acceptors (Lipinski definition) is 2. The van der Waals surface area contributed by atoms with Gasteiger partial charge in [-0.05, 0) is 18.6 Å². The van der Waals surface area contributed by atoms with Crippen LogP contribution < -0.4 is 4.74 Å². The van der Waals surface area contributed by atoms with Gasteiger partial charge in [-0.15, -0.1) is 0 Å². The second kappa shape index (κ2) is 4.10. The van der Waals surface area contributed by atoms with Crippen LogP contribution >= 0.6 is 0 Å². The third-order valence-corrected chi connectivity index (χ3v) is 2.09. The van der Waals surface area contributed by atoms with E-state index in [4.69, 9.17) is 9.84 Å². The molecule has 0 aliphatic carbocycles. The molecule has 0 amide bonds. The van der Waals surface area contributed by atoms with Crippen molar-refractivity contribution in [3.63, 3.8) is 0 Å². The van der Waals surface area contributed by atoms with E-state index in [1.165, 1.54) is 26.2 Å². The number of halogens is 3. The molecule has 5 heteroatoms. The number of aliphatic hydroxyl groups is 1. The Kier molecular flexibility index (Phi) is 3.24. The van der Waals surface area contributed by atoms with E-state index in [0.717, 1.165) is 0 Å². The molecule has 84 valence electrons. The molecule has 0 spiro atoms. The summed E-state index contributed by atoms with van der Waals surface area (Å²) in [7, 11) is 1.27. The fraction of sp³-hybridized carbons (Fsp3) is 0.400. The average molecular weight is 220 g/mol. The van der Waals surface area contributed by atoms with Crippen LogP contribution in [-0.2, 0) is 0 Å². The Morgan fingerprint density at radius 1 is 1.33 bits per heavy atom. The van der Waals surface area contributed by atoms with Gasteiger partial charge in [-0.1, -0.05) is 12.1 Å². The number of aliphatic hydroxyl groups excluding tert-OH is 1. The summed E-state index contributed by atoms with van der Waals surface area (Å²) in [6.45, 7) is 1.49. The molecule has 0 heterocycles. The summed E-state index contributed by atoms with van der Waals surface area (Å²) in [5.74, 6) is 0.0415. The van der Waals surface area contributed by atoms with Crippen LogP contribution in [0.4, 0.5) is 13.2 Å². The van der Waals surface area contributed by atoms with Crippen LogP contribution in [0.3, 0.4) is 0 Å². The van der Waals surface area contributed by atoms with E-state index < -0.39 is 12.3 Å². The van der Waals surface area contributed by atoms with Crippen LogP contribution in [0.15, 0.2) is 18.2 Å². The minimum atomic E-state index is -4.68. The van der Waals surface area contributed by atoms with Gasteiger partial charge in [0.05, 0.1) is 7.11 Å². The van der Waals surface area contributed by atoms with Gasteiger partial charge in [0.2, 0.25) is 0 Å². The Hall–Kier alpha value is -1.23.